The van der Waals surface area contributed by atoms with Gasteiger partial charge in [0.25, 0.3) is 5.69 Å². The molecule has 0 saturated carbocycles. The predicted molar refractivity (Wildman–Crippen MR) is 67.5 cm³/mol. The first-order valence-corrected chi connectivity index (χ1v) is 6.06. The molecule has 1 aliphatic heterocycles. The lowest BCUT2D eigenvalue weighted by atomic mass is 9.89. The third kappa shape index (κ3) is 2.56. The largest absolute Gasteiger partial charge is 0.316 e. The zero-order valence-electron chi connectivity index (χ0n) is 10.3. The van der Waals surface area contributed by atoms with Crippen molar-refractivity contribution in [2.24, 2.45) is 5.92 Å². The third-order valence-electron chi connectivity index (χ3n) is 3.47. The van der Waals surface area contributed by atoms with E-state index in [-0.39, 0.29) is 22.3 Å². The Morgan fingerprint density at radius 1 is 1.50 bits per heavy atom. The maximum Gasteiger partial charge on any atom is 0.272 e. The number of rotatable bonds is 3. The van der Waals surface area contributed by atoms with Crippen LogP contribution in [-0.2, 0) is 11.2 Å². The quantitative estimate of drug-likeness (QED) is 0.651. The Morgan fingerprint density at radius 3 is 2.94 bits per heavy atom. The SMILES string of the molecule is Cc1c(CC2CNCCC2=O)cccc1[N+](=O)[O-]. The van der Waals surface area contributed by atoms with Crippen molar-refractivity contribution < 1.29 is 9.72 Å². The Morgan fingerprint density at radius 2 is 2.28 bits per heavy atom. The number of nitrogens with one attached hydrogen (secondary N) is 1. The Hall–Kier alpha value is -1.75. The van der Waals surface area contributed by atoms with Crippen LogP contribution in [0.4, 0.5) is 5.69 Å². The number of nitro benzene ring substituents is 1. The van der Waals surface area contributed by atoms with Crippen molar-refractivity contribution in [3.8, 4) is 0 Å². The summed E-state index contributed by atoms with van der Waals surface area (Å²) in [7, 11) is 0. The number of Topliss-reactive ketones (excluding diaryl/α,β-unsaturated/α-hetero) is 1. The van der Waals surface area contributed by atoms with Crippen LogP contribution in [0, 0.1) is 23.0 Å². The van der Waals surface area contributed by atoms with E-state index in [0.717, 1.165) is 12.1 Å². The number of hydrogen-bond acceptors (Lipinski definition) is 4. The second-order valence-electron chi connectivity index (χ2n) is 4.64. The third-order valence-corrected chi connectivity index (χ3v) is 3.47. The van der Waals surface area contributed by atoms with Crippen molar-refractivity contribution in [2.45, 2.75) is 19.8 Å². The summed E-state index contributed by atoms with van der Waals surface area (Å²) in [6.07, 6.45) is 1.14. The molecule has 0 aromatic heterocycles. The molecule has 1 aliphatic rings. The average molecular weight is 248 g/mol. The molecule has 0 spiro atoms. The smallest absolute Gasteiger partial charge is 0.272 e. The van der Waals surface area contributed by atoms with Crippen molar-refractivity contribution in [1.29, 1.82) is 0 Å². The van der Waals surface area contributed by atoms with Crippen LogP contribution < -0.4 is 5.32 Å². The molecule has 0 amide bonds. The van der Waals surface area contributed by atoms with Gasteiger partial charge in [0.2, 0.25) is 0 Å². The van der Waals surface area contributed by atoms with E-state index in [2.05, 4.69) is 5.32 Å². The van der Waals surface area contributed by atoms with Crippen LogP contribution in [0.3, 0.4) is 0 Å². The van der Waals surface area contributed by atoms with Crippen molar-refractivity contribution in [1.82, 2.24) is 5.32 Å². The van der Waals surface area contributed by atoms with Crippen molar-refractivity contribution in [3.05, 3.63) is 39.4 Å². The molecule has 0 bridgehead atoms. The van der Waals surface area contributed by atoms with Crippen LogP contribution in [0.5, 0.6) is 0 Å². The molecule has 1 atom stereocenters. The van der Waals surface area contributed by atoms with Crippen LogP contribution in [-0.4, -0.2) is 23.8 Å². The number of carbonyl (C=O) groups excluding carboxylic acids is 1. The van der Waals surface area contributed by atoms with Crippen LogP contribution in [0.1, 0.15) is 17.5 Å². The number of benzene rings is 1. The molecule has 2 rings (SSSR count). The van der Waals surface area contributed by atoms with E-state index < -0.39 is 0 Å². The molecule has 1 saturated heterocycles. The van der Waals surface area contributed by atoms with Crippen molar-refractivity contribution in [2.75, 3.05) is 13.1 Å². The van der Waals surface area contributed by atoms with Gasteiger partial charge in [-0.3, -0.25) is 14.9 Å². The molecule has 1 aromatic rings. The highest BCUT2D eigenvalue weighted by atomic mass is 16.6. The molecule has 1 N–H and O–H groups in total. The van der Waals surface area contributed by atoms with E-state index in [0.29, 0.717) is 24.9 Å². The van der Waals surface area contributed by atoms with Crippen LogP contribution in [0.15, 0.2) is 18.2 Å². The van der Waals surface area contributed by atoms with Crippen molar-refractivity contribution in [3.63, 3.8) is 0 Å². The first-order valence-electron chi connectivity index (χ1n) is 6.06. The van der Waals surface area contributed by atoms with Gasteiger partial charge in [0.1, 0.15) is 5.78 Å². The van der Waals surface area contributed by atoms with Gasteiger partial charge in [0.05, 0.1) is 4.92 Å². The summed E-state index contributed by atoms with van der Waals surface area (Å²) >= 11 is 0. The first-order chi connectivity index (χ1) is 8.59. The number of carbonyl (C=O) groups is 1. The number of hydrogen-bond donors (Lipinski definition) is 1. The minimum Gasteiger partial charge on any atom is -0.316 e. The molecule has 1 aromatic carbocycles. The van der Waals surface area contributed by atoms with Gasteiger partial charge in [-0.1, -0.05) is 12.1 Å². The topological polar surface area (TPSA) is 72.2 Å². The summed E-state index contributed by atoms with van der Waals surface area (Å²) < 4.78 is 0. The van der Waals surface area contributed by atoms with E-state index in [1.165, 1.54) is 6.07 Å². The highest BCUT2D eigenvalue weighted by Gasteiger charge is 2.24. The van der Waals surface area contributed by atoms with E-state index in [9.17, 15) is 14.9 Å². The lowest BCUT2D eigenvalue weighted by Crippen LogP contribution is -2.38. The predicted octanol–water partition coefficient (Wildman–Crippen LogP) is 1.62. The van der Waals surface area contributed by atoms with Crippen LogP contribution in [0.2, 0.25) is 0 Å². The van der Waals surface area contributed by atoms with Gasteiger partial charge in [0.15, 0.2) is 0 Å². The fourth-order valence-corrected chi connectivity index (χ4v) is 2.35. The molecule has 5 heteroatoms. The molecular weight excluding hydrogens is 232 g/mol. The second-order valence-corrected chi connectivity index (χ2v) is 4.64. The minimum absolute atomic E-state index is 0.0561. The van der Waals surface area contributed by atoms with Crippen molar-refractivity contribution >= 4 is 11.5 Å². The zero-order chi connectivity index (χ0) is 13.1. The number of piperidine rings is 1. The number of nitrogens with zero attached hydrogens (tertiary/aromatic N) is 1. The van der Waals surface area contributed by atoms with Gasteiger partial charge in [-0.2, -0.15) is 0 Å². The Bertz CT molecular complexity index is 485. The zero-order valence-corrected chi connectivity index (χ0v) is 10.3. The number of ketones is 1. The first kappa shape index (κ1) is 12.7. The Balaban J connectivity index is 2.21. The monoisotopic (exact) mass is 248 g/mol. The molecule has 5 nitrogen and oxygen atoms in total. The summed E-state index contributed by atoms with van der Waals surface area (Å²) in [6.45, 7) is 3.15. The van der Waals surface area contributed by atoms with Crippen LogP contribution >= 0.6 is 0 Å². The lowest BCUT2D eigenvalue weighted by molar-refractivity contribution is -0.385. The summed E-state index contributed by atoms with van der Waals surface area (Å²) in [4.78, 5) is 22.2. The second kappa shape index (κ2) is 5.27. The summed E-state index contributed by atoms with van der Waals surface area (Å²) in [5.41, 5.74) is 1.69. The lowest BCUT2D eigenvalue weighted by Gasteiger charge is -2.22. The van der Waals surface area contributed by atoms with E-state index in [1.54, 1.807) is 13.0 Å². The highest BCUT2D eigenvalue weighted by Crippen LogP contribution is 2.24. The number of nitro groups is 1. The molecule has 0 aliphatic carbocycles. The molecule has 1 unspecified atom stereocenters. The van der Waals surface area contributed by atoms with Crippen LogP contribution in [0.25, 0.3) is 0 Å². The maximum atomic E-state index is 11.8. The normalized spacial score (nSPS) is 19.8. The highest BCUT2D eigenvalue weighted by molar-refractivity contribution is 5.82. The minimum atomic E-state index is -0.375. The van der Waals surface area contributed by atoms with Gasteiger partial charge in [-0.15, -0.1) is 0 Å². The van der Waals surface area contributed by atoms with Gasteiger partial charge in [-0.25, -0.2) is 0 Å². The van der Waals surface area contributed by atoms with E-state index in [1.807, 2.05) is 6.07 Å². The summed E-state index contributed by atoms with van der Waals surface area (Å²) in [5.74, 6) is 0.194. The fraction of sp³-hybridized carbons (Fsp3) is 0.462. The average Bonchev–Trinajstić information content (AvgIpc) is 2.34. The molecule has 18 heavy (non-hydrogen) atoms. The molecule has 1 heterocycles. The van der Waals surface area contributed by atoms with E-state index in [4.69, 9.17) is 0 Å². The van der Waals surface area contributed by atoms with Gasteiger partial charge >= 0.3 is 0 Å². The summed E-state index contributed by atoms with van der Waals surface area (Å²) in [5, 5.41) is 14.0. The van der Waals surface area contributed by atoms with Gasteiger partial charge in [-0.05, 0) is 18.9 Å². The Labute approximate surface area is 105 Å². The molecule has 0 radical (unpaired) electrons. The molecular formula is C13H16N2O3. The fourth-order valence-electron chi connectivity index (χ4n) is 2.35. The molecule has 1 fully saturated rings. The maximum absolute atomic E-state index is 11.8. The van der Waals surface area contributed by atoms with Gasteiger partial charge in [0, 0.05) is 37.1 Å². The van der Waals surface area contributed by atoms with E-state index >= 15 is 0 Å². The molecule has 96 valence electrons. The standard InChI is InChI=1S/C13H16N2O3/c1-9-10(3-2-4-12(9)15(17)18)7-11-8-14-6-5-13(11)16/h2-4,11,14H,5-8H2,1H3. The Kier molecular flexibility index (Phi) is 3.72. The summed E-state index contributed by atoms with van der Waals surface area (Å²) in [6, 6.07) is 5.05. The van der Waals surface area contributed by atoms with Gasteiger partial charge < -0.3 is 5.32 Å².